The van der Waals surface area contributed by atoms with Crippen molar-refractivity contribution in [3.05, 3.63) is 0 Å². The van der Waals surface area contributed by atoms with Crippen molar-refractivity contribution in [3.63, 3.8) is 0 Å². The Kier molecular flexibility index (Phi) is 21.0. The minimum atomic E-state index is 0. The van der Waals surface area contributed by atoms with Gasteiger partial charge >= 0.3 is 26.2 Å². The SMILES string of the molecule is CCCCCCCCCCCCS.[BiH3]. The predicted octanol–water partition coefficient (Wildman–Crippen LogP) is 3.65. The first-order chi connectivity index (χ1) is 6.41. The zero-order chi connectivity index (χ0) is 9.78. The molecule has 0 atom stereocenters. The molecule has 0 saturated heterocycles. The molecule has 14 heavy (non-hydrogen) atoms. The number of rotatable bonds is 10. The summed E-state index contributed by atoms with van der Waals surface area (Å²) in [5.41, 5.74) is 0. The van der Waals surface area contributed by atoms with E-state index in [-0.39, 0.29) is 26.2 Å². The molecular weight excluding hydrogens is 385 g/mol. The number of hydrogen-bond donors (Lipinski definition) is 1. The third-order valence-corrected chi connectivity index (χ3v) is 2.83. The molecule has 0 aliphatic carbocycles. The fraction of sp³-hybridized carbons (Fsp3) is 1.00. The fourth-order valence-corrected chi connectivity index (χ4v) is 1.82. The summed E-state index contributed by atoms with van der Waals surface area (Å²) in [6, 6.07) is 0. The van der Waals surface area contributed by atoms with Crippen molar-refractivity contribution < 1.29 is 0 Å². The topological polar surface area (TPSA) is 0 Å². The van der Waals surface area contributed by atoms with Crippen LogP contribution in [-0.4, -0.2) is 32.0 Å². The van der Waals surface area contributed by atoms with Crippen LogP contribution >= 0.6 is 12.6 Å². The molecule has 2 heteroatoms. The molecule has 0 N–H and O–H groups in total. The van der Waals surface area contributed by atoms with Gasteiger partial charge in [-0.2, -0.15) is 12.6 Å². The van der Waals surface area contributed by atoms with E-state index in [0.29, 0.717) is 0 Å². The van der Waals surface area contributed by atoms with Crippen LogP contribution in [0.1, 0.15) is 71.1 Å². The van der Waals surface area contributed by atoms with Gasteiger partial charge in [-0.25, -0.2) is 0 Å². The van der Waals surface area contributed by atoms with Crippen LogP contribution in [-0.2, 0) is 0 Å². The van der Waals surface area contributed by atoms with Crippen LogP contribution in [0.25, 0.3) is 0 Å². The Bertz CT molecular complexity index is 76.4. The molecule has 0 aliphatic heterocycles. The summed E-state index contributed by atoms with van der Waals surface area (Å²) >= 11 is 4.20. The van der Waals surface area contributed by atoms with Crippen molar-refractivity contribution in [2.24, 2.45) is 0 Å². The second kappa shape index (κ2) is 16.7. The van der Waals surface area contributed by atoms with Crippen LogP contribution in [0.4, 0.5) is 0 Å². The van der Waals surface area contributed by atoms with Crippen LogP contribution in [0, 0.1) is 0 Å². The molecule has 0 spiro atoms. The zero-order valence-electron chi connectivity index (χ0n) is 9.93. The predicted molar refractivity (Wildman–Crippen MR) is 75.6 cm³/mol. The summed E-state index contributed by atoms with van der Waals surface area (Å²) in [6.07, 6.45) is 14.2. The molecule has 0 heterocycles. The Morgan fingerprint density at radius 1 is 0.643 bits per heavy atom. The van der Waals surface area contributed by atoms with Crippen molar-refractivity contribution >= 4 is 38.8 Å². The molecule has 0 fully saturated rings. The van der Waals surface area contributed by atoms with Gasteiger partial charge in [0.05, 0.1) is 0 Å². The summed E-state index contributed by atoms with van der Waals surface area (Å²) in [7, 11) is 0. The van der Waals surface area contributed by atoms with E-state index in [4.69, 9.17) is 0 Å². The Balaban J connectivity index is 0. The molecule has 0 aromatic heterocycles. The average molecular weight is 414 g/mol. The van der Waals surface area contributed by atoms with Crippen LogP contribution < -0.4 is 0 Å². The van der Waals surface area contributed by atoms with E-state index in [2.05, 4.69) is 19.6 Å². The summed E-state index contributed by atoms with van der Waals surface area (Å²) < 4.78 is 0. The van der Waals surface area contributed by atoms with Gasteiger partial charge in [0, 0.05) is 0 Å². The molecule has 0 aromatic rings. The molecule has 0 aromatic carbocycles. The molecule has 0 bridgehead atoms. The monoisotopic (exact) mass is 414 g/mol. The van der Waals surface area contributed by atoms with Gasteiger partial charge in [-0.1, -0.05) is 64.7 Å². The summed E-state index contributed by atoms with van der Waals surface area (Å²) in [5, 5.41) is 0. The van der Waals surface area contributed by atoms with E-state index in [1.165, 1.54) is 64.2 Å². The summed E-state index contributed by atoms with van der Waals surface area (Å²) in [4.78, 5) is 0. The maximum atomic E-state index is 4.20. The van der Waals surface area contributed by atoms with Gasteiger partial charge in [-0.05, 0) is 12.2 Å². The number of unbranched alkanes of at least 4 members (excludes halogenated alkanes) is 9. The van der Waals surface area contributed by atoms with Crippen molar-refractivity contribution in [2.75, 3.05) is 5.75 Å². The Morgan fingerprint density at radius 3 is 1.36 bits per heavy atom. The molecule has 0 amide bonds. The third kappa shape index (κ3) is 15.7. The maximum absolute atomic E-state index is 4.20. The molecule has 0 rings (SSSR count). The van der Waals surface area contributed by atoms with E-state index in [1.807, 2.05) is 0 Å². The van der Waals surface area contributed by atoms with Crippen LogP contribution in [0.3, 0.4) is 0 Å². The van der Waals surface area contributed by atoms with Gasteiger partial charge < -0.3 is 0 Å². The zero-order valence-corrected chi connectivity index (χ0v) is 16.3. The Labute approximate surface area is 115 Å². The van der Waals surface area contributed by atoms with Gasteiger partial charge in [0.15, 0.2) is 0 Å². The fourth-order valence-electron chi connectivity index (χ4n) is 1.60. The second-order valence-corrected chi connectivity index (χ2v) is 4.35. The normalized spacial score (nSPS) is 9.86. The van der Waals surface area contributed by atoms with E-state index < -0.39 is 0 Å². The van der Waals surface area contributed by atoms with Gasteiger partial charge in [-0.15, -0.1) is 0 Å². The Hall–Kier alpha value is 1.23. The summed E-state index contributed by atoms with van der Waals surface area (Å²) in [5.74, 6) is 1.07. The number of hydrogen-bond acceptors (Lipinski definition) is 1. The van der Waals surface area contributed by atoms with Crippen molar-refractivity contribution in [3.8, 4) is 0 Å². The molecular formula is C12H29BiS. The van der Waals surface area contributed by atoms with Gasteiger partial charge in [-0.3, -0.25) is 0 Å². The van der Waals surface area contributed by atoms with Crippen LogP contribution in [0.2, 0.25) is 0 Å². The first kappa shape index (κ1) is 17.6. The standard InChI is InChI=1S/C12H26S.Bi.3H/c1-2-3-4-5-6-7-8-9-10-11-12-13;;;;/h13H,2-12H2,1H3;;;;. The first-order valence-electron chi connectivity index (χ1n) is 6.02. The van der Waals surface area contributed by atoms with Crippen LogP contribution in [0.5, 0.6) is 0 Å². The van der Waals surface area contributed by atoms with Gasteiger partial charge in [0.1, 0.15) is 0 Å². The molecule has 0 radical (unpaired) electrons. The number of thiol groups is 1. The average Bonchev–Trinajstić information content (AvgIpc) is 2.16. The van der Waals surface area contributed by atoms with E-state index in [0.717, 1.165) is 5.75 Å². The van der Waals surface area contributed by atoms with Crippen molar-refractivity contribution in [1.29, 1.82) is 0 Å². The van der Waals surface area contributed by atoms with E-state index in [1.54, 1.807) is 0 Å². The van der Waals surface area contributed by atoms with E-state index in [9.17, 15) is 0 Å². The van der Waals surface area contributed by atoms with Gasteiger partial charge in [0.2, 0.25) is 0 Å². The molecule has 0 aliphatic rings. The molecule has 88 valence electrons. The minimum absolute atomic E-state index is 0. The molecule has 0 unspecified atom stereocenters. The van der Waals surface area contributed by atoms with Crippen molar-refractivity contribution in [1.82, 2.24) is 0 Å². The van der Waals surface area contributed by atoms with Crippen molar-refractivity contribution in [2.45, 2.75) is 71.1 Å². The first-order valence-corrected chi connectivity index (χ1v) is 6.66. The molecule has 0 saturated carbocycles. The van der Waals surface area contributed by atoms with E-state index >= 15 is 0 Å². The quantitative estimate of drug-likeness (QED) is 0.315. The third-order valence-electron chi connectivity index (χ3n) is 2.51. The van der Waals surface area contributed by atoms with Crippen LogP contribution in [0.15, 0.2) is 0 Å². The van der Waals surface area contributed by atoms with Gasteiger partial charge in [0.25, 0.3) is 0 Å². The second-order valence-electron chi connectivity index (χ2n) is 3.91. The summed E-state index contributed by atoms with van der Waals surface area (Å²) in [6.45, 7) is 2.28. The molecule has 0 nitrogen and oxygen atoms in total. The Morgan fingerprint density at radius 2 is 1.00 bits per heavy atom.